The Hall–Kier alpha value is -1.10. The largest absolute Gasteiger partial charge is 0.368 e. The molecule has 1 fully saturated rings. The first-order valence-electron chi connectivity index (χ1n) is 5.80. The van der Waals surface area contributed by atoms with E-state index in [2.05, 4.69) is 27.8 Å². The standard InChI is InChI=1S/C12H15BrN2O2/c1-9-4-2-3-7-14(9)12-6-5-10(15(16)17)8-11(12)13/h5-6,8-9H,2-4,7H2,1H3/t9-/m1/s1. The molecule has 1 aromatic carbocycles. The van der Waals surface area contributed by atoms with Gasteiger partial charge < -0.3 is 4.90 Å². The Bertz CT molecular complexity index is 437. The molecule has 0 bridgehead atoms. The van der Waals surface area contributed by atoms with E-state index in [4.69, 9.17) is 0 Å². The minimum atomic E-state index is -0.367. The molecule has 4 nitrogen and oxygen atoms in total. The Morgan fingerprint density at radius 1 is 1.47 bits per heavy atom. The lowest BCUT2D eigenvalue weighted by Gasteiger charge is -2.36. The zero-order chi connectivity index (χ0) is 12.4. The number of anilines is 1. The van der Waals surface area contributed by atoms with Gasteiger partial charge in [0.1, 0.15) is 0 Å². The number of benzene rings is 1. The summed E-state index contributed by atoms with van der Waals surface area (Å²) in [5.74, 6) is 0. The molecule has 1 aliphatic rings. The third-order valence-electron chi connectivity index (χ3n) is 3.25. The van der Waals surface area contributed by atoms with E-state index < -0.39 is 0 Å². The van der Waals surface area contributed by atoms with Crippen LogP contribution in [0.1, 0.15) is 26.2 Å². The summed E-state index contributed by atoms with van der Waals surface area (Å²) < 4.78 is 0.806. The van der Waals surface area contributed by atoms with E-state index in [1.54, 1.807) is 12.1 Å². The Morgan fingerprint density at radius 2 is 2.24 bits per heavy atom. The molecule has 1 atom stereocenters. The molecule has 1 aromatic rings. The first-order valence-corrected chi connectivity index (χ1v) is 6.59. The summed E-state index contributed by atoms with van der Waals surface area (Å²) in [7, 11) is 0. The number of nitro benzene ring substituents is 1. The normalized spacial score (nSPS) is 20.4. The number of rotatable bonds is 2. The second-order valence-corrected chi connectivity index (χ2v) is 5.29. The quantitative estimate of drug-likeness (QED) is 0.617. The summed E-state index contributed by atoms with van der Waals surface area (Å²) in [6.07, 6.45) is 3.64. The fraction of sp³-hybridized carbons (Fsp3) is 0.500. The summed E-state index contributed by atoms with van der Waals surface area (Å²) in [6, 6.07) is 5.49. The molecule has 92 valence electrons. The fourth-order valence-corrected chi connectivity index (χ4v) is 2.89. The van der Waals surface area contributed by atoms with Crippen molar-refractivity contribution >= 4 is 27.3 Å². The molecule has 0 N–H and O–H groups in total. The number of piperidine rings is 1. The lowest BCUT2D eigenvalue weighted by molar-refractivity contribution is -0.384. The van der Waals surface area contributed by atoms with E-state index in [-0.39, 0.29) is 10.6 Å². The van der Waals surface area contributed by atoms with Crippen molar-refractivity contribution in [1.82, 2.24) is 0 Å². The number of nitrogens with zero attached hydrogens (tertiary/aromatic N) is 2. The number of non-ortho nitro benzene ring substituents is 1. The molecule has 17 heavy (non-hydrogen) atoms. The van der Waals surface area contributed by atoms with Gasteiger partial charge in [-0.1, -0.05) is 0 Å². The molecule has 0 unspecified atom stereocenters. The highest BCUT2D eigenvalue weighted by molar-refractivity contribution is 9.10. The highest BCUT2D eigenvalue weighted by atomic mass is 79.9. The minimum Gasteiger partial charge on any atom is -0.368 e. The summed E-state index contributed by atoms with van der Waals surface area (Å²) in [4.78, 5) is 12.6. The average molecular weight is 299 g/mol. The van der Waals surface area contributed by atoms with Gasteiger partial charge in [-0.05, 0) is 48.2 Å². The van der Waals surface area contributed by atoms with E-state index in [0.717, 1.165) is 16.7 Å². The van der Waals surface area contributed by atoms with Gasteiger partial charge in [0.25, 0.3) is 5.69 Å². The molecule has 0 amide bonds. The van der Waals surface area contributed by atoms with Crippen LogP contribution in [-0.4, -0.2) is 17.5 Å². The minimum absolute atomic E-state index is 0.130. The van der Waals surface area contributed by atoms with Gasteiger partial charge in [-0.15, -0.1) is 0 Å². The van der Waals surface area contributed by atoms with Crippen molar-refractivity contribution in [3.63, 3.8) is 0 Å². The number of nitro groups is 1. The maximum absolute atomic E-state index is 10.7. The first-order chi connectivity index (χ1) is 8.09. The van der Waals surface area contributed by atoms with Crippen LogP contribution >= 0.6 is 15.9 Å². The van der Waals surface area contributed by atoms with Crippen molar-refractivity contribution < 1.29 is 4.92 Å². The lowest BCUT2D eigenvalue weighted by atomic mass is 10.0. The predicted molar refractivity (Wildman–Crippen MR) is 71.5 cm³/mol. The summed E-state index contributed by atoms with van der Waals surface area (Å²) in [5.41, 5.74) is 1.19. The van der Waals surface area contributed by atoms with Gasteiger partial charge >= 0.3 is 0 Å². The number of halogens is 1. The molecule has 0 saturated carbocycles. The molecule has 1 saturated heterocycles. The van der Waals surface area contributed by atoms with E-state index in [9.17, 15) is 10.1 Å². The molecular weight excluding hydrogens is 284 g/mol. The molecule has 0 spiro atoms. The van der Waals surface area contributed by atoms with Crippen LogP contribution in [-0.2, 0) is 0 Å². The Kier molecular flexibility index (Phi) is 3.66. The van der Waals surface area contributed by atoms with Crippen LogP contribution in [0.15, 0.2) is 22.7 Å². The SMILES string of the molecule is C[C@@H]1CCCCN1c1ccc([N+](=O)[O-])cc1Br. The maximum Gasteiger partial charge on any atom is 0.270 e. The van der Waals surface area contributed by atoms with Crippen LogP contribution in [0.4, 0.5) is 11.4 Å². The van der Waals surface area contributed by atoms with Crippen molar-refractivity contribution in [3.05, 3.63) is 32.8 Å². The van der Waals surface area contributed by atoms with Crippen LogP contribution < -0.4 is 4.90 Å². The van der Waals surface area contributed by atoms with Crippen LogP contribution in [0, 0.1) is 10.1 Å². The molecule has 5 heteroatoms. The third-order valence-corrected chi connectivity index (χ3v) is 3.89. The molecular formula is C12H15BrN2O2. The first kappa shape index (κ1) is 12.4. The van der Waals surface area contributed by atoms with Gasteiger partial charge in [0, 0.05) is 29.2 Å². The van der Waals surface area contributed by atoms with Crippen LogP contribution in [0.2, 0.25) is 0 Å². The van der Waals surface area contributed by atoms with Gasteiger partial charge in [0.2, 0.25) is 0 Å². The van der Waals surface area contributed by atoms with Gasteiger partial charge in [0.15, 0.2) is 0 Å². The van der Waals surface area contributed by atoms with Crippen LogP contribution in [0.5, 0.6) is 0 Å². The molecule has 2 rings (SSSR count). The second kappa shape index (κ2) is 5.04. The van der Waals surface area contributed by atoms with E-state index in [0.29, 0.717) is 6.04 Å². The predicted octanol–water partition coefficient (Wildman–Crippen LogP) is 3.74. The van der Waals surface area contributed by atoms with Gasteiger partial charge in [-0.2, -0.15) is 0 Å². The Balaban J connectivity index is 2.29. The topological polar surface area (TPSA) is 46.4 Å². The van der Waals surface area contributed by atoms with Crippen molar-refractivity contribution in [1.29, 1.82) is 0 Å². The lowest BCUT2D eigenvalue weighted by Crippen LogP contribution is -2.37. The van der Waals surface area contributed by atoms with Gasteiger partial charge in [-0.25, -0.2) is 0 Å². The molecule has 1 aliphatic heterocycles. The summed E-state index contributed by atoms with van der Waals surface area (Å²) in [6.45, 7) is 3.23. The Labute approximate surface area is 109 Å². The summed E-state index contributed by atoms with van der Waals surface area (Å²) >= 11 is 3.43. The molecule has 0 radical (unpaired) electrons. The van der Waals surface area contributed by atoms with Crippen molar-refractivity contribution in [2.24, 2.45) is 0 Å². The number of hydrogen-bond donors (Lipinski definition) is 0. The smallest absolute Gasteiger partial charge is 0.270 e. The van der Waals surface area contributed by atoms with E-state index in [1.165, 1.54) is 19.3 Å². The van der Waals surface area contributed by atoms with Crippen molar-refractivity contribution in [2.45, 2.75) is 32.2 Å². The van der Waals surface area contributed by atoms with Crippen molar-refractivity contribution in [2.75, 3.05) is 11.4 Å². The van der Waals surface area contributed by atoms with Gasteiger partial charge in [-0.3, -0.25) is 10.1 Å². The van der Waals surface area contributed by atoms with Gasteiger partial charge in [0.05, 0.1) is 10.6 Å². The van der Waals surface area contributed by atoms with Crippen molar-refractivity contribution in [3.8, 4) is 0 Å². The zero-order valence-corrected chi connectivity index (χ0v) is 11.3. The fourth-order valence-electron chi connectivity index (χ4n) is 2.30. The zero-order valence-electron chi connectivity index (χ0n) is 9.73. The molecule has 0 aliphatic carbocycles. The molecule has 0 aromatic heterocycles. The summed E-state index contributed by atoms with van der Waals surface area (Å²) in [5, 5.41) is 10.7. The van der Waals surface area contributed by atoms with E-state index >= 15 is 0 Å². The van der Waals surface area contributed by atoms with Crippen LogP contribution in [0.3, 0.4) is 0 Å². The second-order valence-electron chi connectivity index (χ2n) is 4.43. The highest BCUT2D eigenvalue weighted by Crippen LogP contribution is 2.33. The maximum atomic E-state index is 10.7. The molecule has 1 heterocycles. The average Bonchev–Trinajstić information content (AvgIpc) is 2.30. The highest BCUT2D eigenvalue weighted by Gasteiger charge is 2.21. The van der Waals surface area contributed by atoms with Crippen LogP contribution in [0.25, 0.3) is 0 Å². The van der Waals surface area contributed by atoms with E-state index in [1.807, 2.05) is 6.07 Å². The Morgan fingerprint density at radius 3 is 2.82 bits per heavy atom. The third kappa shape index (κ3) is 2.60. The monoisotopic (exact) mass is 298 g/mol. The number of hydrogen-bond acceptors (Lipinski definition) is 3.